The molecule has 1 aromatic rings. The van der Waals surface area contributed by atoms with Crippen LogP contribution in [0.15, 0.2) is 30.3 Å². The fourth-order valence-electron chi connectivity index (χ4n) is 1.71. The van der Waals surface area contributed by atoms with E-state index in [1.54, 1.807) is 13.2 Å². The zero-order valence-electron chi connectivity index (χ0n) is 11.3. The molecule has 106 valence electrons. The predicted octanol–water partition coefficient (Wildman–Crippen LogP) is 4.88. The molecular formula is C17H26O2. The average molecular weight is 262 g/mol. The van der Waals surface area contributed by atoms with Crippen molar-refractivity contribution in [2.45, 2.75) is 46.5 Å². The second-order valence-electron chi connectivity index (χ2n) is 4.38. The minimum absolute atomic E-state index is 0. The maximum Gasteiger partial charge on any atom is 0.155 e. The van der Waals surface area contributed by atoms with Gasteiger partial charge in [0.1, 0.15) is 5.75 Å². The van der Waals surface area contributed by atoms with Crippen molar-refractivity contribution in [2.24, 2.45) is 0 Å². The predicted molar refractivity (Wildman–Crippen MR) is 82.5 cm³/mol. The Balaban J connectivity index is 0.00000324. The van der Waals surface area contributed by atoms with E-state index in [1.165, 1.54) is 12.8 Å². The molecule has 1 aromatic carbocycles. The Kier molecular flexibility index (Phi) is 9.51. The summed E-state index contributed by atoms with van der Waals surface area (Å²) in [4.78, 5) is 11.6. The lowest BCUT2D eigenvalue weighted by Gasteiger charge is -1.99. The highest BCUT2D eigenvalue weighted by atomic mass is 16.5. The lowest BCUT2D eigenvalue weighted by Crippen LogP contribution is -1.92. The molecule has 0 heterocycles. The van der Waals surface area contributed by atoms with Crippen LogP contribution in [0.25, 0.3) is 6.08 Å². The maximum absolute atomic E-state index is 11.6. The van der Waals surface area contributed by atoms with Crippen LogP contribution in [0, 0.1) is 0 Å². The number of hydrogen-bond donors (Lipinski definition) is 0. The number of allylic oxidation sites excluding steroid dienone is 1. The molecule has 0 radical (unpaired) electrons. The Morgan fingerprint density at radius 2 is 1.84 bits per heavy atom. The van der Waals surface area contributed by atoms with Crippen molar-refractivity contribution in [2.75, 3.05) is 7.11 Å². The van der Waals surface area contributed by atoms with Crippen LogP contribution >= 0.6 is 0 Å². The fourth-order valence-corrected chi connectivity index (χ4v) is 1.71. The van der Waals surface area contributed by atoms with E-state index in [0.29, 0.717) is 6.42 Å². The Bertz CT molecular complexity index is 377. The first-order valence-corrected chi connectivity index (χ1v) is 6.61. The molecule has 0 aliphatic rings. The van der Waals surface area contributed by atoms with Gasteiger partial charge in [0.05, 0.1) is 7.11 Å². The summed E-state index contributed by atoms with van der Waals surface area (Å²) in [5, 5.41) is 0. The van der Waals surface area contributed by atoms with Crippen LogP contribution < -0.4 is 4.74 Å². The lowest BCUT2D eigenvalue weighted by atomic mass is 10.1. The number of benzene rings is 1. The van der Waals surface area contributed by atoms with E-state index in [-0.39, 0.29) is 13.2 Å². The summed E-state index contributed by atoms with van der Waals surface area (Å²) in [5.74, 6) is 1.04. The molecule has 0 N–H and O–H groups in total. The summed E-state index contributed by atoms with van der Waals surface area (Å²) in [5.41, 5.74) is 1.03. The van der Waals surface area contributed by atoms with Gasteiger partial charge in [-0.05, 0) is 30.2 Å². The van der Waals surface area contributed by atoms with E-state index in [9.17, 15) is 4.79 Å². The first-order chi connectivity index (χ1) is 8.76. The van der Waals surface area contributed by atoms with Crippen molar-refractivity contribution in [3.05, 3.63) is 35.9 Å². The smallest absolute Gasteiger partial charge is 0.155 e. The van der Waals surface area contributed by atoms with Gasteiger partial charge in [0.15, 0.2) is 5.78 Å². The van der Waals surface area contributed by atoms with Crippen LogP contribution in [-0.4, -0.2) is 12.9 Å². The second kappa shape index (κ2) is 10.4. The van der Waals surface area contributed by atoms with Crippen molar-refractivity contribution in [1.29, 1.82) is 0 Å². The molecule has 0 aromatic heterocycles. The summed E-state index contributed by atoms with van der Waals surface area (Å²) >= 11 is 0. The number of carbonyl (C=O) groups is 1. The standard InChI is InChI=1S/C16H22O2.CH4/c1-3-4-5-6-7-15(17)11-8-14-9-12-16(18-2)13-10-14;/h8-13H,3-7H2,1-2H3;1H4/b11-8+;. The number of ketones is 1. The van der Waals surface area contributed by atoms with Gasteiger partial charge in [0.25, 0.3) is 0 Å². The monoisotopic (exact) mass is 262 g/mol. The number of rotatable bonds is 8. The Labute approximate surface area is 117 Å². The highest BCUT2D eigenvalue weighted by Crippen LogP contribution is 2.12. The molecule has 0 aliphatic carbocycles. The third kappa shape index (κ3) is 7.45. The second-order valence-corrected chi connectivity index (χ2v) is 4.38. The van der Waals surface area contributed by atoms with Crippen molar-refractivity contribution in [3.63, 3.8) is 0 Å². The van der Waals surface area contributed by atoms with E-state index >= 15 is 0 Å². The van der Waals surface area contributed by atoms with Crippen molar-refractivity contribution >= 4 is 11.9 Å². The van der Waals surface area contributed by atoms with Crippen LogP contribution in [0.5, 0.6) is 5.75 Å². The minimum atomic E-state index is 0. The molecule has 0 saturated heterocycles. The van der Waals surface area contributed by atoms with Gasteiger partial charge in [-0.15, -0.1) is 0 Å². The molecule has 0 aliphatic heterocycles. The molecule has 0 bridgehead atoms. The Hall–Kier alpha value is -1.57. The highest BCUT2D eigenvalue weighted by Gasteiger charge is 1.97. The fraction of sp³-hybridized carbons (Fsp3) is 0.471. The van der Waals surface area contributed by atoms with Gasteiger partial charge in [0.2, 0.25) is 0 Å². The number of unbranched alkanes of at least 4 members (excludes halogenated alkanes) is 3. The van der Waals surface area contributed by atoms with Crippen LogP contribution in [0.1, 0.15) is 52.0 Å². The third-order valence-corrected chi connectivity index (χ3v) is 2.85. The van der Waals surface area contributed by atoms with Gasteiger partial charge in [0, 0.05) is 6.42 Å². The third-order valence-electron chi connectivity index (χ3n) is 2.85. The van der Waals surface area contributed by atoms with Crippen molar-refractivity contribution < 1.29 is 9.53 Å². The molecule has 0 spiro atoms. The zero-order valence-corrected chi connectivity index (χ0v) is 11.3. The van der Waals surface area contributed by atoms with Gasteiger partial charge >= 0.3 is 0 Å². The molecule has 0 saturated carbocycles. The lowest BCUT2D eigenvalue weighted by molar-refractivity contribution is -0.114. The summed E-state index contributed by atoms with van der Waals surface area (Å²) in [6.07, 6.45) is 8.77. The van der Waals surface area contributed by atoms with Gasteiger partial charge in [-0.1, -0.05) is 51.8 Å². The number of ether oxygens (including phenoxy) is 1. The van der Waals surface area contributed by atoms with Crippen LogP contribution in [0.3, 0.4) is 0 Å². The molecule has 0 amide bonds. The van der Waals surface area contributed by atoms with E-state index in [1.807, 2.05) is 30.3 Å². The van der Waals surface area contributed by atoms with Gasteiger partial charge < -0.3 is 4.74 Å². The first-order valence-electron chi connectivity index (χ1n) is 6.61. The largest absolute Gasteiger partial charge is 0.497 e. The van der Waals surface area contributed by atoms with E-state index in [0.717, 1.165) is 24.2 Å². The highest BCUT2D eigenvalue weighted by molar-refractivity contribution is 5.93. The van der Waals surface area contributed by atoms with Gasteiger partial charge in [-0.2, -0.15) is 0 Å². The maximum atomic E-state index is 11.6. The van der Waals surface area contributed by atoms with Gasteiger partial charge in [-0.25, -0.2) is 0 Å². The average Bonchev–Trinajstić information content (AvgIpc) is 2.42. The molecular weight excluding hydrogens is 236 g/mol. The molecule has 2 nitrogen and oxygen atoms in total. The molecule has 0 atom stereocenters. The molecule has 2 heteroatoms. The summed E-state index contributed by atoms with van der Waals surface area (Å²) in [7, 11) is 1.64. The van der Waals surface area contributed by atoms with Gasteiger partial charge in [-0.3, -0.25) is 4.79 Å². The summed E-state index contributed by atoms with van der Waals surface area (Å²) in [6, 6.07) is 7.68. The molecule has 0 unspecified atom stereocenters. The quantitative estimate of drug-likeness (QED) is 0.493. The van der Waals surface area contributed by atoms with Crippen LogP contribution in [0.4, 0.5) is 0 Å². The molecule has 0 fully saturated rings. The van der Waals surface area contributed by atoms with Crippen molar-refractivity contribution in [3.8, 4) is 5.75 Å². The summed E-state index contributed by atoms with van der Waals surface area (Å²) in [6.45, 7) is 2.17. The number of carbonyl (C=O) groups excluding carboxylic acids is 1. The topological polar surface area (TPSA) is 26.3 Å². The van der Waals surface area contributed by atoms with Crippen molar-refractivity contribution in [1.82, 2.24) is 0 Å². The normalized spacial score (nSPS) is 10.2. The zero-order chi connectivity index (χ0) is 13.2. The number of hydrogen-bond acceptors (Lipinski definition) is 2. The summed E-state index contributed by atoms with van der Waals surface area (Å²) < 4.78 is 5.08. The molecule has 19 heavy (non-hydrogen) atoms. The molecule has 1 rings (SSSR count). The Morgan fingerprint density at radius 3 is 2.42 bits per heavy atom. The van der Waals surface area contributed by atoms with E-state index in [2.05, 4.69) is 6.92 Å². The van der Waals surface area contributed by atoms with Crippen LogP contribution in [-0.2, 0) is 4.79 Å². The number of methoxy groups -OCH3 is 1. The van der Waals surface area contributed by atoms with E-state index in [4.69, 9.17) is 4.74 Å². The minimum Gasteiger partial charge on any atom is -0.497 e. The Morgan fingerprint density at radius 1 is 1.16 bits per heavy atom. The SMILES string of the molecule is C.CCCCCCC(=O)/C=C/c1ccc(OC)cc1. The van der Waals surface area contributed by atoms with Crippen LogP contribution in [0.2, 0.25) is 0 Å². The first kappa shape index (κ1) is 17.4. The van der Waals surface area contributed by atoms with E-state index < -0.39 is 0 Å².